The second-order valence-corrected chi connectivity index (χ2v) is 11.6. The predicted octanol–water partition coefficient (Wildman–Crippen LogP) is 10.3. The molecular formula is C33H23Cl5N6O. The number of hydrogen-bond donors (Lipinski definition) is 0. The highest BCUT2D eigenvalue weighted by molar-refractivity contribution is 6.36. The molecule has 7 nitrogen and oxygen atoms in total. The van der Waals surface area contributed by atoms with E-state index in [2.05, 4.69) is 30.4 Å². The quantitative estimate of drug-likeness (QED) is 0.177. The lowest BCUT2D eigenvalue weighted by molar-refractivity contribution is 0.393. The van der Waals surface area contributed by atoms with Gasteiger partial charge in [-0.25, -0.2) is 0 Å². The first kappa shape index (κ1) is 32.5. The maximum absolute atomic E-state index is 6.34. The van der Waals surface area contributed by atoms with Gasteiger partial charge >= 0.3 is 0 Å². The van der Waals surface area contributed by atoms with Crippen LogP contribution >= 0.6 is 58.0 Å². The summed E-state index contributed by atoms with van der Waals surface area (Å²) >= 11 is 30.9. The lowest BCUT2D eigenvalue weighted by Crippen LogP contribution is -2.02. The average molecular weight is 697 g/mol. The standard InChI is InChI=1S/C17H13Cl2N3O.C16H10Cl3N3/c1-10-14(11-5-7-12(18)8-6-11)15(17(23-2)22-21-10)16-13(19)4-3-9-20-16;1-9-13(10-4-6-11(17)7-5-10)14(16(19)22-21-9)15-12(18)3-2-8-20-15/h3-9H,1-2H3;2-8H,1H3. The SMILES string of the molecule is COc1nnc(C)c(-c2ccc(Cl)cc2)c1-c1ncccc1Cl.Cc1nnc(Cl)c(-c2ncccc2Cl)c1-c1ccc(Cl)cc1. The first-order valence-corrected chi connectivity index (χ1v) is 15.3. The summed E-state index contributed by atoms with van der Waals surface area (Å²) < 4.78 is 5.40. The van der Waals surface area contributed by atoms with Gasteiger partial charge in [-0.2, -0.15) is 10.2 Å². The Hall–Kier alpha value is -3.85. The van der Waals surface area contributed by atoms with Gasteiger partial charge in [0.05, 0.1) is 51.1 Å². The van der Waals surface area contributed by atoms with Gasteiger partial charge in [0, 0.05) is 33.6 Å². The molecule has 0 aliphatic rings. The van der Waals surface area contributed by atoms with E-state index < -0.39 is 0 Å². The summed E-state index contributed by atoms with van der Waals surface area (Å²) in [6.07, 6.45) is 3.35. The molecule has 0 spiro atoms. The molecule has 0 saturated heterocycles. The summed E-state index contributed by atoms with van der Waals surface area (Å²) in [5, 5.41) is 19.0. The zero-order valence-corrected chi connectivity index (χ0v) is 27.8. The maximum Gasteiger partial charge on any atom is 0.243 e. The Bertz CT molecular complexity index is 1970. The van der Waals surface area contributed by atoms with Gasteiger partial charge in [0.1, 0.15) is 0 Å². The Labute approximate surface area is 285 Å². The summed E-state index contributed by atoms with van der Waals surface area (Å²) in [4.78, 5) is 8.74. The van der Waals surface area contributed by atoms with Crippen LogP contribution in [0.1, 0.15) is 11.4 Å². The van der Waals surface area contributed by atoms with Crippen LogP contribution in [0.5, 0.6) is 5.88 Å². The van der Waals surface area contributed by atoms with E-state index in [1.54, 1.807) is 43.8 Å². The fourth-order valence-corrected chi connectivity index (χ4v) is 5.57. The fraction of sp³-hybridized carbons (Fsp3) is 0.0909. The molecule has 0 aliphatic carbocycles. The number of pyridine rings is 2. The van der Waals surface area contributed by atoms with E-state index in [4.69, 9.17) is 62.7 Å². The van der Waals surface area contributed by atoms with Crippen LogP contribution in [0.2, 0.25) is 25.2 Å². The Kier molecular flexibility index (Phi) is 10.5. The van der Waals surface area contributed by atoms with Crippen molar-refractivity contribution in [1.29, 1.82) is 0 Å². The van der Waals surface area contributed by atoms with Crippen LogP contribution in [0.15, 0.2) is 85.2 Å². The lowest BCUT2D eigenvalue weighted by Gasteiger charge is -2.15. The van der Waals surface area contributed by atoms with Gasteiger partial charge in [-0.05, 0) is 73.5 Å². The van der Waals surface area contributed by atoms with E-state index in [9.17, 15) is 0 Å². The van der Waals surface area contributed by atoms with E-state index in [1.165, 1.54) is 0 Å². The van der Waals surface area contributed by atoms with Crippen LogP contribution in [0, 0.1) is 13.8 Å². The molecule has 0 amide bonds. The second-order valence-electron chi connectivity index (χ2n) is 9.55. The van der Waals surface area contributed by atoms with Crippen molar-refractivity contribution < 1.29 is 4.74 Å². The van der Waals surface area contributed by atoms with Crippen molar-refractivity contribution in [3.05, 3.63) is 122 Å². The molecular weight excluding hydrogens is 674 g/mol. The molecule has 2 aromatic carbocycles. The van der Waals surface area contributed by atoms with E-state index in [-0.39, 0.29) is 5.15 Å². The van der Waals surface area contributed by atoms with Gasteiger partial charge in [-0.3, -0.25) is 9.97 Å². The third-order valence-electron chi connectivity index (χ3n) is 6.67. The molecule has 0 bridgehead atoms. The van der Waals surface area contributed by atoms with Gasteiger partial charge in [-0.15, -0.1) is 10.2 Å². The smallest absolute Gasteiger partial charge is 0.243 e. The molecule has 0 fully saturated rings. The molecule has 0 saturated carbocycles. The molecule has 45 heavy (non-hydrogen) atoms. The molecule has 12 heteroatoms. The number of rotatable bonds is 5. The average Bonchev–Trinajstić information content (AvgIpc) is 3.04. The Morgan fingerprint density at radius 1 is 0.511 bits per heavy atom. The Morgan fingerprint density at radius 2 is 0.956 bits per heavy atom. The fourth-order valence-electron chi connectivity index (χ4n) is 4.67. The number of halogens is 5. The number of aryl methyl sites for hydroxylation is 2. The number of benzene rings is 2. The summed E-state index contributed by atoms with van der Waals surface area (Å²) in [6, 6.07) is 22.0. The van der Waals surface area contributed by atoms with Gasteiger partial charge in [-0.1, -0.05) is 82.3 Å². The lowest BCUT2D eigenvalue weighted by atomic mass is 9.97. The molecule has 0 radical (unpaired) electrons. The van der Waals surface area contributed by atoms with E-state index in [0.29, 0.717) is 48.5 Å². The highest BCUT2D eigenvalue weighted by atomic mass is 35.5. The minimum atomic E-state index is 0.260. The van der Waals surface area contributed by atoms with Crippen molar-refractivity contribution in [3.8, 4) is 50.6 Å². The molecule has 6 rings (SSSR count). The third-order valence-corrected chi connectivity index (χ3v) is 8.05. The van der Waals surface area contributed by atoms with Crippen molar-refractivity contribution in [2.45, 2.75) is 13.8 Å². The van der Waals surface area contributed by atoms with Crippen LogP contribution in [-0.4, -0.2) is 37.5 Å². The topological polar surface area (TPSA) is 86.6 Å². The zero-order valence-electron chi connectivity index (χ0n) is 24.1. The molecule has 0 aliphatic heterocycles. The van der Waals surface area contributed by atoms with E-state index in [0.717, 1.165) is 33.6 Å². The van der Waals surface area contributed by atoms with Crippen LogP contribution in [0.4, 0.5) is 0 Å². The summed E-state index contributed by atoms with van der Waals surface area (Å²) in [7, 11) is 1.55. The number of hydrogen-bond acceptors (Lipinski definition) is 7. The molecule has 0 unspecified atom stereocenters. The monoisotopic (exact) mass is 694 g/mol. The first-order chi connectivity index (χ1) is 21.7. The number of aromatic nitrogens is 6. The van der Waals surface area contributed by atoms with Crippen molar-refractivity contribution in [2.75, 3.05) is 7.11 Å². The number of ether oxygens (including phenoxy) is 1. The highest BCUT2D eigenvalue weighted by Gasteiger charge is 2.22. The molecule has 0 atom stereocenters. The third kappa shape index (κ3) is 7.19. The molecule has 226 valence electrons. The van der Waals surface area contributed by atoms with E-state index >= 15 is 0 Å². The van der Waals surface area contributed by atoms with Gasteiger partial charge in [0.2, 0.25) is 5.88 Å². The van der Waals surface area contributed by atoms with Crippen LogP contribution in [0.25, 0.3) is 44.8 Å². The van der Waals surface area contributed by atoms with Crippen LogP contribution in [0.3, 0.4) is 0 Å². The van der Waals surface area contributed by atoms with E-state index in [1.807, 2.05) is 62.4 Å². The minimum absolute atomic E-state index is 0.260. The van der Waals surface area contributed by atoms with Crippen molar-refractivity contribution in [1.82, 2.24) is 30.4 Å². The van der Waals surface area contributed by atoms with Crippen LogP contribution < -0.4 is 4.74 Å². The number of nitrogens with zero attached hydrogens (tertiary/aromatic N) is 6. The van der Waals surface area contributed by atoms with Gasteiger partial charge in [0.25, 0.3) is 0 Å². The number of methoxy groups -OCH3 is 1. The van der Waals surface area contributed by atoms with Crippen molar-refractivity contribution in [3.63, 3.8) is 0 Å². The molecule has 0 N–H and O–H groups in total. The van der Waals surface area contributed by atoms with Gasteiger partial charge in [0.15, 0.2) is 5.15 Å². The normalized spacial score (nSPS) is 10.7. The maximum atomic E-state index is 6.34. The molecule has 4 heterocycles. The molecule has 4 aromatic heterocycles. The Morgan fingerprint density at radius 3 is 1.42 bits per heavy atom. The Balaban J connectivity index is 0.000000178. The largest absolute Gasteiger partial charge is 0.479 e. The zero-order chi connectivity index (χ0) is 32.1. The summed E-state index contributed by atoms with van der Waals surface area (Å²) in [6.45, 7) is 3.75. The molecule has 6 aromatic rings. The van der Waals surface area contributed by atoms with Crippen molar-refractivity contribution in [2.24, 2.45) is 0 Å². The summed E-state index contributed by atoms with van der Waals surface area (Å²) in [5.41, 5.74) is 7.65. The summed E-state index contributed by atoms with van der Waals surface area (Å²) in [5.74, 6) is 0.376. The second kappa shape index (κ2) is 14.5. The van der Waals surface area contributed by atoms with Gasteiger partial charge < -0.3 is 4.74 Å². The predicted molar refractivity (Wildman–Crippen MR) is 182 cm³/mol. The highest BCUT2D eigenvalue weighted by Crippen LogP contribution is 2.42. The van der Waals surface area contributed by atoms with Crippen molar-refractivity contribution >= 4 is 58.0 Å². The van der Waals surface area contributed by atoms with Crippen LogP contribution in [-0.2, 0) is 0 Å². The minimum Gasteiger partial charge on any atom is -0.479 e. The first-order valence-electron chi connectivity index (χ1n) is 13.4.